The zero-order chi connectivity index (χ0) is 13.6. The fraction of sp³-hybridized carbons (Fsp3) is 0.364. The quantitative estimate of drug-likeness (QED) is 0.636. The van der Waals surface area contributed by atoms with E-state index in [0.29, 0.717) is 12.1 Å². The molecular weight excluding hydrogens is 290 g/mol. The number of rotatable bonds is 6. The first-order valence-corrected chi connectivity index (χ1v) is 7.33. The van der Waals surface area contributed by atoms with E-state index in [4.69, 9.17) is 5.73 Å². The van der Waals surface area contributed by atoms with Crippen molar-refractivity contribution < 1.29 is 13.2 Å². The summed E-state index contributed by atoms with van der Waals surface area (Å²) in [4.78, 5) is 11.6. The van der Waals surface area contributed by atoms with Gasteiger partial charge in [0.25, 0.3) is 5.91 Å². The molecule has 0 saturated carbocycles. The van der Waals surface area contributed by atoms with E-state index in [-0.39, 0.29) is 31.4 Å². The first kappa shape index (κ1) is 17.8. The van der Waals surface area contributed by atoms with Gasteiger partial charge in [0.15, 0.2) is 0 Å². The van der Waals surface area contributed by atoms with E-state index < -0.39 is 10.0 Å². The molecule has 0 bridgehead atoms. The van der Waals surface area contributed by atoms with Gasteiger partial charge in [0.1, 0.15) is 0 Å². The normalized spacial score (nSPS) is 10.6. The third-order valence-electron chi connectivity index (χ3n) is 2.23. The highest BCUT2D eigenvalue weighted by Crippen LogP contribution is 2.03. The Hall–Kier alpha value is -1.15. The molecule has 1 rings (SSSR count). The van der Waals surface area contributed by atoms with E-state index in [1.807, 2.05) is 0 Å². The summed E-state index contributed by atoms with van der Waals surface area (Å²) in [5.41, 5.74) is 6.92. The topological polar surface area (TPSA) is 101 Å². The Bertz CT molecular complexity index is 502. The number of nitrogens with two attached hydrogens (primary N) is 1. The van der Waals surface area contributed by atoms with Crippen LogP contribution in [0.25, 0.3) is 0 Å². The van der Waals surface area contributed by atoms with Crippen LogP contribution in [0.15, 0.2) is 24.3 Å². The van der Waals surface area contributed by atoms with Crippen molar-refractivity contribution >= 4 is 28.3 Å². The van der Waals surface area contributed by atoms with Crippen molar-refractivity contribution in [2.75, 3.05) is 19.3 Å². The summed E-state index contributed by atoms with van der Waals surface area (Å²) in [6.45, 7) is 0.843. The standard InChI is InChI=1S/C11H17N3O3S.ClH/c1-18(16,17)14-7-6-13-11(15)10-4-2-9(8-12)3-5-10;/h2-5,14H,6-8,12H2,1H3,(H,13,15);1H. The van der Waals surface area contributed by atoms with E-state index in [1.54, 1.807) is 24.3 Å². The lowest BCUT2D eigenvalue weighted by atomic mass is 10.1. The van der Waals surface area contributed by atoms with Gasteiger partial charge in [-0.1, -0.05) is 12.1 Å². The van der Waals surface area contributed by atoms with Gasteiger partial charge in [0, 0.05) is 25.2 Å². The number of carbonyl (C=O) groups is 1. The van der Waals surface area contributed by atoms with Crippen LogP contribution in [0.1, 0.15) is 15.9 Å². The molecule has 1 aromatic rings. The predicted octanol–water partition coefficient (Wildman–Crippen LogP) is -0.154. The maximum atomic E-state index is 11.6. The molecule has 0 fully saturated rings. The molecule has 6 nitrogen and oxygen atoms in total. The molecule has 0 aliphatic carbocycles. The minimum Gasteiger partial charge on any atom is -0.351 e. The van der Waals surface area contributed by atoms with E-state index in [1.165, 1.54) is 0 Å². The highest BCUT2D eigenvalue weighted by Gasteiger charge is 2.05. The van der Waals surface area contributed by atoms with Crippen molar-refractivity contribution in [3.8, 4) is 0 Å². The van der Waals surface area contributed by atoms with Crippen LogP contribution in [0.3, 0.4) is 0 Å². The molecular formula is C11H18ClN3O3S. The van der Waals surface area contributed by atoms with Gasteiger partial charge >= 0.3 is 0 Å². The average Bonchev–Trinajstić information content (AvgIpc) is 2.33. The Morgan fingerprint density at radius 1 is 1.21 bits per heavy atom. The Morgan fingerprint density at radius 3 is 2.26 bits per heavy atom. The first-order chi connectivity index (χ1) is 8.42. The minimum atomic E-state index is -3.21. The van der Waals surface area contributed by atoms with Crippen LogP contribution in [0.4, 0.5) is 0 Å². The molecule has 0 radical (unpaired) electrons. The second-order valence-corrected chi connectivity index (χ2v) is 5.66. The molecule has 0 aliphatic rings. The molecule has 1 aromatic carbocycles. The molecule has 1 amide bonds. The molecule has 0 aromatic heterocycles. The zero-order valence-electron chi connectivity index (χ0n) is 10.5. The Kier molecular flexibility index (Phi) is 7.62. The Morgan fingerprint density at radius 2 is 1.79 bits per heavy atom. The number of nitrogens with one attached hydrogen (secondary N) is 2. The fourth-order valence-corrected chi connectivity index (χ4v) is 1.78. The number of benzene rings is 1. The van der Waals surface area contributed by atoms with Gasteiger partial charge in [-0.3, -0.25) is 4.79 Å². The van der Waals surface area contributed by atoms with Gasteiger partial charge in [-0.2, -0.15) is 0 Å². The van der Waals surface area contributed by atoms with E-state index in [2.05, 4.69) is 10.0 Å². The number of hydrogen-bond acceptors (Lipinski definition) is 4. The summed E-state index contributed by atoms with van der Waals surface area (Å²) in [5.74, 6) is -0.242. The summed E-state index contributed by atoms with van der Waals surface area (Å²) in [7, 11) is -3.21. The maximum absolute atomic E-state index is 11.6. The van der Waals surface area contributed by atoms with Crippen molar-refractivity contribution in [3.63, 3.8) is 0 Å². The number of sulfonamides is 1. The van der Waals surface area contributed by atoms with Crippen LogP contribution in [0, 0.1) is 0 Å². The van der Waals surface area contributed by atoms with Crippen LogP contribution in [-0.2, 0) is 16.6 Å². The van der Waals surface area contributed by atoms with Crippen LogP contribution in [0.2, 0.25) is 0 Å². The van der Waals surface area contributed by atoms with Crippen LogP contribution in [-0.4, -0.2) is 33.7 Å². The number of halogens is 1. The molecule has 0 aliphatic heterocycles. The highest BCUT2D eigenvalue weighted by molar-refractivity contribution is 7.88. The number of hydrogen-bond donors (Lipinski definition) is 3. The summed E-state index contributed by atoms with van der Waals surface area (Å²) < 4.78 is 23.8. The van der Waals surface area contributed by atoms with Crippen molar-refractivity contribution in [1.29, 1.82) is 0 Å². The molecule has 0 heterocycles. The SMILES string of the molecule is CS(=O)(=O)NCCNC(=O)c1ccc(CN)cc1.Cl. The lowest BCUT2D eigenvalue weighted by molar-refractivity contribution is 0.0954. The monoisotopic (exact) mass is 307 g/mol. The van der Waals surface area contributed by atoms with Crippen molar-refractivity contribution in [2.45, 2.75) is 6.54 Å². The summed E-state index contributed by atoms with van der Waals surface area (Å²) in [6, 6.07) is 6.93. The number of amides is 1. The lowest BCUT2D eigenvalue weighted by Crippen LogP contribution is -2.34. The summed E-state index contributed by atoms with van der Waals surface area (Å²) in [5, 5.41) is 2.61. The van der Waals surface area contributed by atoms with E-state index in [0.717, 1.165) is 11.8 Å². The molecule has 0 atom stereocenters. The Labute approximate surface area is 119 Å². The molecule has 108 valence electrons. The van der Waals surface area contributed by atoms with Gasteiger partial charge in [-0.15, -0.1) is 12.4 Å². The van der Waals surface area contributed by atoms with Gasteiger partial charge in [0.2, 0.25) is 10.0 Å². The highest BCUT2D eigenvalue weighted by atomic mass is 35.5. The number of carbonyl (C=O) groups excluding carboxylic acids is 1. The average molecular weight is 308 g/mol. The molecule has 4 N–H and O–H groups in total. The van der Waals surface area contributed by atoms with Gasteiger partial charge in [-0.05, 0) is 17.7 Å². The minimum absolute atomic E-state index is 0. The van der Waals surface area contributed by atoms with Crippen molar-refractivity contribution in [1.82, 2.24) is 10.0 Å². The second kappa shape index (κ2) is 8.11. The van der Waals surface area contributed by atoms with Gasteiger partial charge < -0.3 is 11.1 Å². The zero-order valence-corrected chi connectivity index (χ0v) is 12.2. The van der Waals surface area contributed by atoms with E-state index >= 15 is 0 Å². The molecule has 19 heavy (non-hydrogen) atoms. The third kappa shape index (κ3) is 7.12. The summed E-state index contributed by atoms with van der Waals surface area (Å²) in [6.07, 6.45) is 1.07. The largest absolute Gasteiger partial charge is 0.351 e. The lowest BCUT2D eigenvalue weighted by Gasteiger charge is -2.06. The first-order valence-electron chi connectivity index (χ1n) is 5.44. The van der Waals surface area contributed by atoms with Gasteiger partial charge in [-0.25, -0.2) is 13.1 Å². The predicted molar refractivity (Wildman–Crippen MR) is 76.8 cm³/mol. The van der Waals surface area contributed by atoms with Crippen LogP contribution >= 0.6 is 12.4 Å². The fourth-order valence-electron chi connectivity index (χ4n) is 1.31. The van der Waals surface area contributed by atoms with Gasteiger partial charge in [0.05, 0.1) is 6.26 Å². The molecule has 0 spiro atoms. The Balaban J connectivity index is 0.00000324. The van der Waals surface area contributed by atoms with Crippen molar-refractivity contribution in [2.24, 2.45) is 5.73 Å². The smallest absolute Gasteiger partial charge is 0.251 e. The van der Waals surface area contributed by atoms with Crippen LogP contribution < -0.4 is 15.8 Å². The summed E-state index contributed by atoms with van der Waals surface area (Å²) >= 11 is 0. The van der Waals surface area contributed by atoms with Crippen molar-refractivity contribution in [3.05, 3.63) is 35.4 Å². The molecule has 8 heteroatoms. The van der Waals surface area contributed by atoms with E-state index in [9.17, 15) is 13.2 Å². The van der Waals surface area contributed by atoms with Crippen LogP contribution in [0.5, 0.6) is 0 Å². The second-order valence-electron chi connectivity index (χ2n) is 3.82. The third-order valence-corrected chi connectivity index (χ3v) is 2.96. The maximum Gasteiger partial charge on any atom is 0.251 e. The molecule has 0 unspecified atom stereocenters. The molecule has 0 saturated heterocycles.